The Morgan fingerprint density at radius 3 is 2.30 bits per heavy atom. The molecule has 3 aromatic rings. The van der Waals surface area contributed by atoms with E-state index >= 15 is 0 Å². The van der Waals surface area contributed by atoms with Gasteiger partial charge in [-0.05, 0) is 71.1 Å². The monoisotopic (exact) mass is 471 g/mol. The van der Waals surface area contributed by atoms with Crippen LogP contribution in [-0.4, -0.2) is 24.3 Å². The number of benzene rings is 3. The van der Waals surface area contributed by atoms with Gasteiger partial charge in [-0.15, -0.1) is 0 Å². The summed E-state index contributed by atoms with van der Waals surface area (Å²) in [5.74, 6) is 0.876. The number of carbonyl (C=O) groups is 1. The van der Waals surface area contributed by atoms with Gasteiger partial charge < -0.3 is 4.74 Å². The van der Waals surface area contributed by atoms with E-state index in [4.69, 9.17) is 4.74 Å². The minimum atomic E-state index is 0.109. The van der Waals surface area contributed by atoms with Crippen molar-refractivity contribution < 1.29 is 9.53 Å². The fourth-order valence-corrected chi connectivity index (χ4v) is 3.35. The van der Waals surface area contributed by atoms with E-state index in [-0.39, 0.29) is 5.78 Å². The van der Waals surface area contributed by atoms with Crippen molar-refractivity contribution in [3.8, 4) is 5.75 Å². The highest BCUT2D eigenvalue weighted by atomic mass is 127. The minimum Gasteiger partial charge on any atom is -0.489 e. The number of halogens is 1. The molecule has 3 nitrogen and oxygen atoms in total. The van der Waals surface area contributed by atoms with Crippen LogP contribution in [0.25, 0.3) is 0 Å². The second-order valence-corrected chi connectivity index (χ2v) is 7.65. The van der Waals surface area contributed by atoms with Gasteiger partial charge in [0.25, 0.3) is 0 Å². The molecular weight excluding hydrogens is 449 g/mol. The Morgan fingerprint density at radius 1 is 0.926 bits per heavy atom. The molecule has 27 heavy (non-hydrogen) atoms. The molecule has 0 radical (unpaired) electrons. The van der Waals surface area contributed by atoms with E-state index in [1.165, 1.54) is 9.13 Å². The molecule has 0 amide bonds. The van der Waals surface area contributed by atoms with Gasteiger partial charge in [-0.3, -0.25) is 9.69 Å². The maximum absolute atomic E-state index is 12.5. The molecule has 0 aliphatic carbocycles. The second kappa shape index (κ2) is 9.67. The largest absolute Gasteiger partial charge is 0.489 e. The summed E-state index contributed by atoms with van der Waals surface area (Å²) in [6.07, 6.45) is 0. The third kappa shape index (κ3) is 5.91. The fraction of sp³-hybridized carbons (Fsp3) is 0.174. The van der Waals surface area contributed by atoms with Gasteiger partial charge >= 0.3 is 0 Å². The lowest BCUT2D eigenvalue weighted by Gasteiger charge is -2.17. The molecule has 0 fully saturated rings. The van der Waals surface area contributed by atoms with Gasteiger partial charge in [0, 0.05) is 15.7 Å². The highest BCUT2D eigenvalue weighted by Gasteiger charge is 2.11. The van der Waals surface area contributed by atoms with Crippen molar-refractivity contribution in [3.05, 3.63) is 99.1 Å². The molecule has 3 aromatic carbocycles. The third-order valence-electron chi connectivity index (χ3n) is 4.24. The number of Topliss-reactive ketones (excluding diaryl/α,β-unsaturated/α-hetero) is 1. The molecule has 0 aromatic heterocycles. The van der Waals surface area contributed by atoms with E-state index in [1.807, 2.05) is 78.7 Å². The van der Waals surface area contributed by atoms with Crippen LogP contribution < -0.4 is 4.74 Å². The van der Waals surface area contributed by atoms with Crippen LogP contribution in [0.4, 0.5) is 0 Å². The summed E-state index contributed by atoms with van der Waals surface area (Å²) in [7, 11) is 1.97. The SMILES string of the molecule is CN(CC(=O)c1ccc(OCc2ccccc2)cc1)Cc1ccccc1I. The van der Waals surface area contributed by atoms with Crippen molar-refractivity contribution in [2.75, 3.05) is 13.6 Å². The van der Waals surface area contributed by atoms with Crippen molar-refractivity contribution in [1.82, 2.24) is 4.90 Å². The molecule has 0 unspecified atom stereocenters. The highest BCUT2D eigenvalue weighted by Crippen LogP contribution is 2.16. The predicted octanol–water partition coefficient (Wildman–Crippen LogP) is 5.18. The van der Waals surface area contributed by atoms with Gasteiger partial charge in [0.2, 0.25) is 0 Å². The Bertz CT molecular complexity index is 878. The van der Waals surface area contributed by atoms with Crippen molar-refractivity contribution in [1.29, 1.82) is 0 Å². The van der Waals surface area contributed by atoms with Crippen LogP contribution in [0.15, 0.2) is 78.9 Å². The van der Waals surface area contributed by atoms with Gasteiger partial charge in [-0.2, -0.15) is 0 Å². The Balaban J connectivity index is 1.53. The average Bonchev–Trinajstić information content (AvgIpc) is 2.69. The molecule has 0 aliphatic heterocycles. The quantitative estimate of drug-likeness (QED) is 0.335. The number of hydrogen-bond donors (Lipinski definition) is 0. The van der Waals surface area contributed by atoms with Crippen LogP contribution in [0, 0.1) is 3.57 Å². The first-order valence-electron chi connectivity index (χ1n) is 8.84. The highest BCUT2D eigenvalue weighted by molar-refractivity contribution is 14.1. The number of likely N-dealkylation sites (N-methyl/N-ethyl adjacent to an activating group) is 1. The average molecular weight is 471 g/mol. The summed E-state index contributed by atoms with van der Waals surface area (Å²) < 4.78 is 6.99. The first-order chi connectivity index (χ1) is 13.1. The second-order valence-electron chi connectivity index (χ2n) is 6.49. The number of rotatable bonds is 8. The zero-order valence-corrected chi connectivity index (χ0v) is 17.4. The van der Waals surface area contributed by atoms with Crippen molar-refractivity contribution in [3.63, 3.8) is 0 Å². The van der Waals surface area contributed by atoms with E-state index < -0.39 is 0 Å². The zero-order chi connectivity index (χ0) is 19.1. The molecule has 0 bridgehead atoms. The predicted molar refractivity (Wildman–Crippen MR) is 117 cm³/mol. The summed E-state index contributed by atoms with van der Waals surface area (Å²) in [5, 5.41) is 0. The van der Waals surface area contributed by atoms with Crippen LogP contribution >= 0.6 is 22.6 Å². The molecule has 0 heterocycles. The summed E-state index contributed by atoms with van der Waals surface area (Å²) >= 11 is 2.33. The van der Waals surface area contributed by atoms with Crippen LogP contribution in [0.2, 0.25) is 0 Å². The molecule has 0 N–H and O–H groups in total. The molecule has 0 atom stereocenters. The zero-order valence-electron chi connectivity index (χ0n) is 15.3. The molecule has 4 heteroatoms. The Kier molecular flexibility index (Phi) is 7.01. The van der Waals surface area contributed by atoms with Crippen molar-refractivity contribution in [2.24, 2.45) is 0 Å². The lowest BCUT2D eigenvalue weighted by molar-refractivity contribution is 0.0943. The number of ketones is 1. The van der Waals surface area contributed by atoms with E-state index in [2.05, 4.69) is 34.7 Å². The summed E-state index contributed by atoms with van der Waals surface area (Å²) in [5.41, 5.74) is 3.06. The fourth-order valence-electron chi connectivity index (χ4n) is 2.79. The molecule has 138 valence electrons. The Morgan fingerprint density at radius 2 is 1.59 bits per heavy atom. The molecule has 0 saturated heterocycles. The van der Waals surface area contributed by atoms with Gasteiger partial charge in [0.15, 0.2) is 5.78 Å². The minimum absolute atomic E-state index is 0.109. The normalized spacial score (nSPS) is 10.8. The molecule has 3 rings (SSSR count). The standard InChI is InChI=1S/C23H22INO2/c1-25(15-20-9-5-6-10-22(20)24)16-23(26)19-11-13-21(14-12-19)27-17-18-7-3-2-4-8-18/h2-14H,15-17H2,1H3. The van der Waals surface area contributed by atoms with E-state index in [0.29, 0.717) is 18.7 Å². The van der Waals surface area contributed by atoms with Crippen LogP contribution in [0.5, 0.6) is 5.75 Å². The lowest BCUT2D eigenvalue weighted by Crippen LogP contribution is -2.26. The van der Waals surface area contributed by atoms with Gasteiger partial charge in [0.1, 0.15) is 12.4 Å². The Hall–Kier alpha value is -2.18. The number of hydrogen-bond acceptors (Lipinski definition) is 3. The number of nitrogens with zero attached hydrogens (tertiary/aromatic N) is 1. The van der Waals surface area contributed by atoms with Crippen LogP contribution in [-0.2, 0) is 13.2 Å². The van der Waals surface area contributed by atoms with E-state index in [9.17, 15) is 4.79 Å². The van der Waals surface area contributed by atoms with Crippen molar-refractivity contribution in [2.45, 2.75) is 13.2 Å². The Labute approximate surface area is 174 Å². The maximum Gasteiger partial charge on any atom is 0.176 e. The number of carbonyl (C=O) groups excluding carboxylic acids is 1. The lowest BCUT2D eigenvalue weighted by atomic mass is 10.1. The van der Waals surface area contributed by atoms with Crippen LogP contribution in [0.1, 0.15) is 21.5 Å². The summed E-state index contributed by atoms with van der Waals surface area (Å²) in [6.45, 7) is 1.66. The molecule has 0 saturated carbocycles. The molecular formula is C23H22INO2. The van der Waals surface area contributed by atoms with E-state index in [1.54, 1.807) is 0 Å². The molecule has 0 aliphatic rings. The third-order valence-corrected chi connectivity index (χ3v) is 5.29. The van der Waals surface area contributed by atoms with Gasteiger partial charge in [-0.1, -0.05) is 48.5 Å². The summed E-state index contributed by atoms with van der Waals surface area (Å²) in [4.78, 5) is 14.6. The smallest absolute Gasteiger partial charge is 0.176 e. The van der Waals surface area contributed by atoms with Crippen LogP contribution in [0.3, 0.4) is 0 Å². The van der Waals surface area contributed by atoms with E-state index in [0.717, 1.165) is 17.9 Å². The number of ether oxygens (including phenoxy) is 1. The van der Waals surface area contributed by atoms with Crippen molar-refractivity contribution >= 4 is 28.4 Å². The first kappa shape index (κ1) is 19.6. The van der Waals surface area contributed by atoms with Gasteiger partial charge in [-0.25, -0.2) is 0 Å². The summed E-state index contributed by atoms with van der Waals surface area (Å²) in [6, 6.07) is 25.7. The topological polar surface area (TPSA) is 29.5 Å². The maximum atomic E-state index is 12.5. The molecule has 0 spiro atoms. The van der Waals surface area contributed by atoms with Gasteiger partial charge in [0.05, 0.1) is 6.54 Å². The first-order valence-corrected chi connectivity index (χ1v) is 9.91.